The largest absolute Gasteiger partial charge is 0.507 e. The molecule has 11 heteroatoms. The highest BCUT2D eigenvalue weighted by atomic mass is 16.3. The summed E-state index contributed by atoms with van der Waals surface area (Å²) in [5.74, 6) is -12.9. The first-order valence-electron chi connectivity index (χ1n) is 13.4. The lowest BCUT2D eigenvalue weighted by Crippen LogP contribution is -2.77. The second-order valence-corrected chi connectivity index (χ2v) is 11.7. The predicted octanol–water partition coefficient (Wildman–Crippen LogP) is -0.615. The van der Waals surface area contributed by atoms with Crippen LogP contribution in [0.25, 0.3) is 0 Å². The molecule has 0 spiro atoms. The van der Waals surface area contributed by atoms with Gasteiger partial charge in [-0.1, -0.05) is 25.5 Å². The van der Waals surface area contributed by atoms with E-state index in [2.05, 4.69) is 4.90 Å². The zero-order chi connectivity index (χ0) is 28.5. The normalized spacial score (nSPS) is 36.9. The van der Waals surface area contributed by atoms with Crippen LogP contribution in [0.4, 0.5) is 0 Å². The van der Waals surface area contributed by atoms with Crippen LogP contribution in [0.3, 0.4) is 0 Å². The van der Waals surface area contributed by atoms with Crippen LogP contribution < -0.4 is 5.73 Å². The summed E-state index contributed by atoms with van der Waals surface area (Å²) in [6.45, 7) is 3.85. The number of hydrogen-bond donors (Lipinski definition) is 4. The Labute approximate surface area is 225 Å². The van der Waals surface area contributed by atoms with E-state index in [1.807, 2.05) is 0 Å². The SMILES string of the molecule is C[C@H]1c2ccc(CN3CCCCC3)c(O)c2C(=O)C2C(=O)[C@]3(O)C(=O)C(C(N)=O)C(=O)[C@@H](N(C)C)C3[C@@H](O)C21. The van der Waals surface area contributed by atoms with Crippen LogP contribution in [0.5, 0.6) is 5.75 Å². The van der Waals surface area contributed by atoms with Gasteiger partial charge in [0.05, 0.1) is 29.5 Å². The average molecular weight is 542 g/mol. The molecule has 0 radical (unpaired) electrons. The van der Waals surface area contributed by atoms with Crippen molar-refractivity contribution in [3.63, 3.8) is 0 Å². The van der Waals surface area contributed by atoms with Gasteiger partial charge in [-0.15, -0.1) is 0 Å². The Morgan fingerprint density at radius 3 is 2.33 bits per heavy atom. The monoisotopic (exact) mass is 541 g/mol. The fraction of sp³-hybridized carbons (Fsp3) is 0.607. The fourth-order valence-electron chi connectivity index (χ4n) is 7.52. The van der Waals surface area contributed by atoms with E-state index < -0.39 is 76.4 Å². The first-order valence-corrected chi connectivity index (χ1v) is 13.4. The number of aliphatic hydroxyl groups is 2. The number of primary amides is 1. The number of rotatable bonds is 4. The number of ketones is 4. The van der Waals surface area contributed by atoms with Crippen molar-refractivity contribution in [2.45, 2.75) is 56.4 Å². The van der Waals surface area contributed by atoms with E-state index in [0.29, 0.717) is 17.7 Å². The Morgan fingerprint density at radius 2 is 1.74 bits per heavy atom. The van der Waals surface area contributed by atoms with E-state index in [-0.39, 0.29) is 11.3 Å². The smallest absolute Gasteiger partial charge is 0.235 e. The molecule has 3 fully saturated rings. The molecule has 0 aromatic heterocycles. The van der Waals surface area contributed by atoms with Crippen molar-refractivity contribution in [2.75, 3.05) is 27.2 Å². The summed E-state index contributed by atoms with van der Waals surface area (Å²) in [6.07, 6.45) is 1.58. The number of aliphatic hydroxyl groups excluding tert-OH is 1. The van der Waals surface area contributed by atoms with E-state index in [1.54, 1.807) is 19.1 Å². The van der Waals surface area contributed by atoms with Gasteiger partial charge in [-0.3, -0.25) is 33.8 Å². The molecule has 1 heterocycles. The topological polar surface area (TPSA) is 179 Å². The van der Waals surface area contributed by atoms with Gasteiger partial charge in [0.15, 0.2) is 34.7 Å². The standard InChI is InChI=1S/C28H35N3O8/c1-12-14-8-7-13(11-31-9-5-4-6-10-31)21(32)16(14)22(33)17-15(12)23(34)19-20(30(2)3)24(35)18(27(29)38)26(37)28(19,39)25(17)36/h7-8,12,15,17-20,23,32,34,39H,4-6,9-11H2,1-3H3,(H2,29,38)/t12-,15?,17?,18?,19?,20-,23-,28-/m0/s1. The lowest BCUT2D eigenvalue weighted by Gasteiger charge is -2.56. The van der Waals surface area contributed by atoms with Gasteiger partial charge in [0.2, 0.25) is 5.91 Å². The van der Waals surface area contributed by atoms with Gasteiger partial charge in [-0.25, -0.2) is 0 Å². The van der Waals surface area contributed by atoms with Crippen LogP contribution in [-0.2, 0) is 25.7 Å². The minimum atomic E-state index is -2.99. The Bertz CT molecular complexity index is 1270. The molecule has 210 valence electrons. The molecule has 5 N–H and O–H groups in total. The van der Waals surface area contributed by atoms with Crippen molar-refractivity contribution in [1.29, 1.82) is 0 Å². The van der Waals surface area contributed by atoms with E-state index in [0.717, 1.165) is 32.4 Å². The Balaban J connectivity index is 1.62. The Hall–Kier alpha value is -2.99. The summed E-state index contributed by atoms with van der Waals surface area (Å²) >= 11 is 0. The number of likely N-dealkylation sites (N-methyl/N-ethyl adjacent to an activating group) is 1. The number of amides is 1. The number of nitrogens with zero attached hydrogens (tertiary/aromatic N) is 2. The summed E-state index contributed by atoms with van der Waals surface area (Å²) in [7, 11) is 2.93. The number of carbonyl (C=O) groups is 5. The van der Waals surface area contributed by atoms with Gasteiger partial charge in [0.25, 0.3) is 0 Å². The number of likely N-dealkylation sites (tertiary alicyclic amines) is 1. The van der Waals surface area contributed by atoms with Gasteiger partial charge in [-0.2, -0.15) is 0 Å². The van der Waals surface area contributed by atoms with Gasteiger partial charge in [0, 0.05) is 18.0 Å². The molecular formula is C28H35N3O8. The maximum absolute atomic E-state index is 14.0. The minimum Gasteiger partial charge on any atom is -0.507 e. The van der Waals surface area contributed by atoms with Crippen molar-refractivity contribution in [3.8, 4) is 5.75 Å². The molecule has 3 aliphatic carbocycles. The molecule has 8 atom stereocenters. The third-order valence-electron chi connectivity index (χ3n) is 9.42. The second kappa shape index (κ2) is 9.58. The third kappa shape index (κ3) is 3.81. The maximum Gasteiger partial charge on any atom is 0.235 e. The van der Waals surface area contributed by atoms with Crippen molar-refractivity contribution in [3.05, 3.63) is 28.8 Å². The first kappa shape index (κ1) is 27.6. The van der Waals surface area contributed by atoms with Crippen LogP contribution in [0, 0.1) is 23.7 Å². The number of aromatic hydroxyl groups is 1. The summed E-state index contributed by atoms with van der Waals surface area (Å²) in [4.78, 5) is 70.2. The van der Waals surface area contributed by atoms with E-state index in [9.17, 15) is 39.3 Å². The highest BCUT2D eigenvalue weighted by Gasteiger charge is 2.72. The molecule has 4 aliphatic rings. The van der Waals surface area contributed by atoms with Gasteiger partial charge >= 0.3 is 0 Å². The van der Waals surface area contributed by atoms with Crippen molar-refractivity contribution >= 4 is 29.0 Å². The Kier molecular flexibility index (Phi) is 6.77. The fourth-order valence-corrected chi connectivity index (χ4v) is 7.52. The zero-order valence-electron chi connectivity index (χ0n) is 22.3. The predicted molar refractivity (Wildman–Crippen MR) is 137 cm³/mol. The summed E-state index contributed by atoms with van der Waals surface area (Å²) in [6, 6.07) is 2.08. The van der Waals surface area contributed by atoms with Gasteiger partial charge in [-0.05, 0) is 51.5 Å². The highest BCUT2D eigenvalue weighted by Crippen LogP contribution is 2.54. The quantitative estimate of drug-likeness (QED) is 0.359. The maximum atomic E-state index is 14.0. The lowest BCUT2D eigenvalue weighted by molar-refractivity contribution is -0.196. The molecular weight excluding hydrogens is 506 g/mol. The molecule has 1 aromatic rings. The van der Waals surface area contributed by atoms with Gasteiger partial charge < -0.3 is 21.1 Å². The third-order valence-corrected chi connectivity index (χ3v) is 9.42. The Morgan fingerprint density at radius 1 is 1.10 bits per heavy atom. The van der Waals surface area contributed by atoms with Crippen molar-refractivity contribution in [1.82, 2.24) is 9.80 Å². The number of carbonyl (C=O) groups excluding carboxylic acids is 5. The average Bonchev–Trinajstić information content (AvgIpc) is 2.87. The van der Waals surface area contributed by atoms with E-state index in [4.69, 9.17) is 5.73 Å². The first-order chi connectivity index (χ1) is 18.3. The molecule has 1 saturated heterocycles. The number of phenols is 1. The lowest BCUT2D eigenvalue weighted by atomic mass is 9.49. The second-order valence-electron chi connectivity index (χ2n) is 11.7. The molecule has 0 bridgehead atoms. The molecule has 5 rings (SSSR count). The number of piperidine rings is 1. The van der Waals surface area contributed by atoms with Crippen LogP contribution in [0.15, 0.2) is 12.1 Å². The molecule has 11 nitrogen and oxygen atoms in total. The van der Waals surface area contributed by atoms with E-state index in [1.165, 1.54) is 19.0 Å². The highest BCUT2D eigenvalue weighted by molar-refractivity contribution is 6.32. The molecule has 1 aliphatic heterocycles. The van der Waals surface area contributed by atoms with Crippen LogP contribution in [-0.4, -0.2) is 99.1 Å². The number of Topliss-reactive ketones (excluding diaryl/α,β-unsaturated/α-hetero) is 4. The number of hydrogen-bond acceptors (Lipinski definition) is 10. The summed E-state index contributed by atoms with van der Waals surface area (Å²) in [5, 5.41) is 34.6. The number of nitrogens with two attached hydrogens (primary N) is 1. The van der Waals surface area contributed by atoms with E-state index >= 15 is 0 Å². The zero-order valence-corrected chi connectivity index (χ0v) is 22.3. The molecule has 4 unspecified atom stereocenters. The molecule has 1 aromatic carbocycles. The van der Waals surface area contributed by atoms with Gasteiger partial charge in [0.1, 0.15) is 5.75 Å². The summed E-state index contributed by atoms with van der Waals surface area (Å²) < 4.78 is 0. The summed E-state index contributed by atoms with van der Waals surface area (Å²) in [5.41, 5.74) is 3.26. The molecule has 2 saturated carbocycles. The van der Waals surface area contributed by atoms with Crippen LogP contribution in [0.2, 0.25) is 0 Å². The van der Waals surface area contributed by atoms with Crippen LogP contribution >= 0.6 is 0 Å². The molecule has 1 amide bonds. The van der Waals surface area contributed by atoms with Crippen LogP contribution in [0.1, 0.15) is 53.6 Å². The minimum absolute atomic E-state index is 0.0594. The van der Waals surface area contributed by atoms with Crippen molar-refractivity contribution in [2.24, 2.45) is 29.4 Å². The number of benzene rings is 1. The number of phenolic OH excluding ortho intramolecular Hbond substituents is 1. The van der Waals surface area contributed by atoms with Crippen molar-refractivity contribution < 1.29 is 39.3 Å². The molecule has 39 heavy (non-hydrogen) atoms. The number of fused-ring (bicyclic) bond motifs is 3.